The van der Waals surface area contributed by atoms with Crippen LogP contribution in [0.25, 0.3) is 0 Å². The molecule has 0 spiro atoms. The van der Waals surface area contributed by atoms with Gasteiger partial charge in [-0.1, -0.05) is 0 Å². The summed E-state index contributed by atoms with van der Waals surface area (Å²) in [5.74, 6) is -0.374. The molecule has 2 N–H and O–H groups in total. The van der Waals surface area contributed by atoms with Crippen molar-refractivity contribution in [3.8, 4) is 0 Å². The summed E-state index contributed by atoms with van der Waals surface area (Å²) in [5.41, 5.74) is 1.91. The number of nitrogens with zero attached hydrogens (tertiary/aromatic N) is 3. The first-order chi connectivity index (χ1) is 12.6. The van der Waals surface area contributed by atoms with Crippen LogP contribution in [-0.4, -0.2) is 64.9 Å². The van der Waals surface area contributed by atoms with Gasteiger partial charge in [0, 0.05) is 31.9 Å². The minimum Gasteiger partial charge on any atom is -0.336 e. The van der Waals surface area contributed by atoms with Gasteiger partial charge in [0.15, 0.2) is 0 Å². The topological polar surface area (TPSA) is 119 Å². The van der Waals surface area contributed by atoms with E-state index in [0.717, 1.165) is 0 Å². The average Bonchev–Trinajstić information content (AvgIpc) is 2.93. The number of aromatic amines is 2. The molecule has 2 aromatic heterocycles. The molecule has 27 heavy (non-hydrogen) atoms. The predicted molar refractivity (Wildman–Crippen MR) is 99.3 cm³/mol. The summed E-state index contributed by atoms with van der Waals surface area (Å²) in [6, 6.07) is 1.75. The summed E-state index contributed by atoms with van der Waals surface area (Å²) in [4.78, 5) is 29.3. The predicted octanol–water partition coefficient (Wildman–Crippen LogP) is 0.478. The summed E-state index contributed by atoms with van der Waals surface area (Å²) in [6.07, 6.45) is 0. The molecule has 0 aliphatic carbocycles. The van der Waals surface area contributed by atoms with E-state index >= 15 is 0 Å². The Morgan fingerprint density at radius 1 is 1.11 bits per heavy atom. The smallest absolute Gasteiger partial charge is 0.261 e. The van der Waals surface area contributed by atoms with E-state index in [0.29, 0.717) is 22.6 Å². The lowest BCUT2D eigenvalue weighted by atomic mass is 10.1. The Labute approximate surface area is 157 Å². The Hall–Kier alpha value is -2.46. The molecule has 146 valence electrons. The van der Waals surface area contributed by atoms with E-state index in [9.17, 15) is 18.0 Å². The molecule has 0 radical (unpaired) electrons. The maximum atomic E-state index is 12.9. The largest absolute Gasteiger partial charge is 0.336 e. The van der Waals surface area contributed by atoms with Crippen molar-refractivity contribution < 1.29 is 13.2 Å². The average molecular weight is 393 g/mol. The van der Waals surface area contributed by atoms with Crippen LogP contribution in [0, 0.1) is 27.7 Å². The summed E-state index contributed by atoms with van der Waals surface area (Å²) in [6.45, 7) is 7.57. The summed E-state index contributed by atoms with van der Waals surface area (Å²) in [5, 5.41) is 6.64. The molecule has 0 bridgehead atoms. The molecule has 3 rings (SSSR count). The zero-order valence-electron chi connectivity index (χ0n) is 15.8. The zero-order valence-corrected chi connectivity index (χ0v) is 16.6. The number of rotatable bonds is 3. The normalized spacial score (nSPS) is 15.9. The van der Waals surface area contributed by atoms with Gasteiger partial charge in [-0.25, -0.2) is 8.42 Å². The fourth-order valence-corrected chi connectivity index (χ4v) is 5.21. The Morgan fingerprint density at radius 2 is 1.74 bits per heavy atom. The molecule has 1 aliphatic rings. The van der Waals surface area contributed by atoms with E-state index in [4.69, 9.17) is 0 Å². The molecular formula is C17H23N5O4S. The van der Waals surface area contributed by atoms with E-state index in [-0.39, 0.29) is 42.5 Å². The number of carbonyl (C=O) groups is 1. The summed E-state index contributed by atoms with van der Waals surface area (Å²) in [7, 11) is -3.68. The fourth-order valence-electron chi connectivity index (χ4n) is 3.46. The number of H-pyrrole nitrogens is 2. The highest BCUT2D eigenvalue weighted by Crippen LogP contribution is 2.23. The van der Waals surface area contributed by atoms with Crippen LogP contribution in [-0.2, 0) is 10.0 Å². The first-order valence-electron chi connectivity index (χ1n) is 8.64. The zero-order chi connectivity index (χ0) is 19.9. The maximum absolute atomic E-state index is 12.9. The fraction of sp³-hybridized carbons (Fsp3) is 0.471. The van der Waals surface area contributed by atoms with Crippen LogP contribution in [0.1, 0.15) is 33.0 Å². The number of aromatic nitrogens is 3. The van der Waals surface area contributed by atoms with Crippen LogP contribution in [0.2, 0.25) is 0 Å². The number of hydrogen-bond acceptors (Lipinski definition) is 5. The Morgan fingerprint density at radius 3 is 2.26 bits per heavy atom. The van der Waals surface area contributed by atoms with E-state index in [2.05, 4.69) is 15.2 Å². The highest BCUT2D eigenvalue weighted by molar-refractivity contribution is 7.89. The van der Waals surface area contributed by atoms with Gasteiger partial charge in [0.1, 0.15) is 10.5 Å². The molecule has 0 saturated carbocycles. The number of sulfonamides is 1. The molecule has 1 fully saturated rings. The Kier molecular flexibility index (Phi) is 4.96. The van der Waals surface area contributed by atoms with Crippen molar-refractivity contribution in [2.75, 3.05) is 26.2 Å². The van der Waals surface area contributed by atoms with Crippen LogP contribution in [0.5, 0.6) is 0 Å². The quantitative estimate of drug-likeness (QED) is 0.786. The molecule has 0 aromatic carbocycles. The number of aryl methyl sites for hydroxylation is 4. The van der Waals surface area contributed by atoms with Gasteiger partial charge in [0.25, 0.3) is 11.5 Å². The molecule has 1 amide bonds. The van der Waals surface area contributed by atoms with Crippen molar-refractivity contribution in [2.24, 2.45) is 0 Å². The maximum Gasteiger partial charge on any atom is 0.261 e. The van der Waals surface area contributed by atoms with E-state index < -0.39 is 15.6 Å². The van der Waals surface area contributed by atoms with Gasteiger partial charge < -0.3 is 9.88 Å². The molecule has 3 heterocycles. The van der Waals surface area contributed by atoms with Gasteiger partial charge in [-0.15, -0.1) is 0 Å². The molecule has 1 aliphatic heterocycles. The standard InChI is InChI=1S/C17H23N5O4S/c1-10-9-11(2)18-16(23)14(10)17(24)21-5-7-22(8-6-21)27(25,26)15-12(3)19-20-13(15)4/h9H,5-8H2,1-4H3,(H,18,23)(H,19,20). The van der Waals surface area contributed by atoms with Crippen molar-refractivity contribution in [3.63, 3.8) is 0 Å². The van der Waals surface area contributed by atoms with Gasteiger partial charge in [-0.05, 0) is 39.3 Å². The van der Waals surface area contributed by atoms with Crippen LogP contribution in [0.4, 0.5) is 0 Å². The van der Waals surface area contributed by atoms with Gasteiger partial charge in [0.2, 0.25) is 10.0 Å². The van der Waals surface area contributed by atoms with Crippen molar-refractivity contribution in [1.29, 1.82) is 0 Å². The van der Waals surface area contributed by atoms with E-state index in [1.165, 1.54) is 9.21 Å². The highest BCUT2D eigenvalue weighted by atomic mass is 32.2. The lowest BCUT2D eigenvalue weighted by Gasteiger charge is -2.34. The highest BCUT2D eigenvalue weighted by Gasteiger charge is 2.34. The van der Waals surface area contributed by atoms with Crippen molar-refractivity contribution in [2.45, 2.75) is 32.6 Å². The first-order valence-corrected chi connectivity index (χ1v) is 10.1. The summed E-state index contributed by atoms with van der Waals surface area (Å²) < 4.78 is 27.1. The van der Waals surface area contributed by atoms with Crippen LogP contribution >= 0.6 is 0 Å². The van der Waals surface area contributed by atoms with Crippen molar-refractivity contribution in [3.05, 3.63) is 44.6 Å². The number of hydrogen-bond donors (Lipinski definition) is 2. The third-order valence-electron chi connectivity index (χ3n) is 4.76. The van der Waals surface area contributed by atoms with Gasteiger partial charge in [0.05, 0.1) is 11.4 Å². The second kappa shape index (κ2) is 6.93. The van der Waals surface area contributed by atoms with Crippen LogP contribution in [0.3, 0.4) is 0 Å². The number of carbonyl (C=O) groups excluding carboxylic acids is 1. The van der Waals surface area contributed by atoms with Crippen LogP contribution < -0.4 is 5.56 Å². The minimum absolute atomic E-state index is 0.110. The van der Waals surface area contributed by atoms with E-state index in [1.54, 1.807) is 33.8 Å². The van der Waals surface area contributed by atoms with Crippen molar-refractivity contribution in [1.82, 2.24) is 24.4 Å². The monoisotopic (exact) mass is 393 g/mol. The van der Waals surface area contributed by atoms with Gasteiger partial charge >= 0.3 is 0 Å². The Balaban J connectivity index is 1.78. The second-order valence-corrected chi connectivity index (χ2v) is 8.67. The van der Waals surface area contributed by atoms with Crippen molar-refractivity contribution >= 4 is 15.9 Å². The number of pyridine rings is 1. The third kappa shape index (κ3) is 3.42. The molecular weight excluding hydrogens is 370 g/mol. The molecule has 9 nitrogen and oxygen atoms in total. The number of amides is 1. The SMILES string of the molecule is Cc1cc(C)c(C(=O)N2CCN(S(=O)(=O)c3c(C)n[nH]c3C)CC2)c(=O)[nH]1. The lowest BCUT2D eigenvalue weighted by Crippen LogP contribution is -2.51. The Bertz CT molecular complexity index is 1030. The number of nitrogens with one attached hydrogen (secondary N) is 2. The first kappa shape index (κ1) is 19.3. The number of piperazine rings is 1. The lowest BCUT2D eigenvalue weighted by molar-refractivity contribution is 0.0695. The van der Waals surface area contributed by atoms with Crippen LogP contribution in [0.15, 0.2) is 15.8 Å². The molecule has 2 aromatic rings. The van der Waals surface area contributed by atoms with Gasteiger partial charge in [-0.2, -0.15) is 9.40 Å². The molecule has 0 atom stereocenters. The molecule has 10 heteroatoms. The van der Waals surface area contributed by atoms with Gasteiger partial charge in [-0.3, -0.25) is 14.7 Å². The molecule has 0 unspecified atom stereocenters. The molecule has 1 saturated heterocycles. The second-order valence-electron chi connectivity index (χ2n) is 6.80. The minimum atomic E-state index is -3.68. The third-order valence-corrected chi connectivity index (χ3v) is 6.93. The van der Waals surface area contributed by atoms with E-state index in [1.807, 2.05) is 0 Å². The summed E-state index contributed by atoms with van der Waals surface area (Å²) >= 11 is 0.